The molecule has 146 valence electrons. The van der Waals surface area contributed by atoms with Crippen molar-refractivity contribution in [1.29, 1.82) is 0 Å². The fourth-order valence-electron chi connectivity index (χ4n) is 3.54. The van der Waals surface area contributed by atoms with Gasteiger partial charge in [-0.05, 0) is 54.1 Å². The molecule has 7 nitrogen and oxygen atoms in total. The van der Waals surface area contributed by atoms with Gasteiger partial charge in [-0.1, -0.05) is 6.07 Å². The van der Waals surface area contributed by atoms with E-state index in [1.807, 2.05) is 36.4 Å². The van der Waals surface area contributed by atoms with Crippen LogP contribution in [-0.4, -0.2) is 38.7 Å². The molecule has 1 aromatic carbocycles. The lowest BCUT2D eigenvalue weighted by atomic mass is 10.0. The van der Waals surface area contributed by atoms with E-state index in [2.05, 4.69) is 20.3 Å². The summed E-state index contributed by atoms with van der Waals surface area (Å²) in [5, 5.41) is 3.69. The van der Waals surface area contributed by atoms with Gasteiger partial charge in [0.25, 0.3) is 11.8 Å². The monoisotopic (exact) mass is 395 g/mol. The van der Waals surface area contributed by atoms with E-state index in [-0.39, 0.29) is 11.8 Å². The van der Waals surface area contributed by atoms with Gasteiger partial charge in [0.15, 0.2) is 5.65 Å². The zero-order chi connectivity index (χ0) is 20.7. The molecule has 0 spiro atoms. The van der Waals surface area contributed by atoms with E-state index in [0.717, 1.165) is 27.8 Å². The Bertz CT molecular complexity index is 1300. The number of benzene rings is 1. The Morgan fingerprint density at radius 2 is 1.97 bits per heavy atom. The second-order valence-corrected chi connectivity index (χ2v) is 7.17. The van der Waals surface area contributed by atoms with Crippen molar-refractivity contribution >= 4 is 28.7 Å². The molecule has 0 aliphatic carbocycles. The van der Waals surface area contributed by atoms with E-state index < -0.39 is 0 Å². The predicted octanol–water partition coefficient (Wildman–Crippen LogP) is 3.53. The van der Waals surface area contributed by atoms with E-state index in [1.54, 1.807) is 36.3 Å². The molecule has 1 N–H and O–H groups in total. The maximum absolute atomic E-state index is 12.6. The number of carbonyl (C=O) groups excluding carboxylic acids is 2. The van der Waals surface area contributed by atoms with E-state index in [1.165, 1.54) is 6.20 Å². The van der Waals surface area contributed by atoms with Gasteiger partial charge in [0, 0.05) is 42.5 Å². The smallest absolute Gasteiger partial charge is 0.258 e. The minimum atomic E-state index is -0.294. The summed E-state index contributed by atoms with van der Waals surface area (Å²) in [6, 6.07) is 16.6. The first-order chi connectivity index (χ1) is 14.6. The second kappa shape index (κ2) is 7.04. The Morgan fingerprint density at radius 1 is 1.07 bits per heavy atom. The van der Waals surface area contributed by atoms with E-state index in [4.69, 9.17) is 0 Å². The maximum atomic E-state index is 12.6. The van der Waals surface area contributed by atoms with Gasteiger partial charge in [-0.25, -0.2) is 9.97 Å². The normalized spacial score (nSPS) is 12.8. The van der Waals surface area contributed by atoms with Crippen LogP contribution in [0.5, 0.6) is 0 Å². The fourth-order valence-corrected chi connectivity index (χ4v) is 3.54. The number of carbonyl (C=O) groups is 2. The first-order valence-electron chi connectivity index (χ1n) is 9.46. The Morgan fingerprint density at radius 3 is 2.80 bits per heavy atom. The number of fused-ring (bicyclic) bond motifs is 2. The van der Waals surface area contributed by atoms with Gasteiger partial charge in [0.1, 0.15) is 5.82 Å². The maximum Gasteiger partial charge on any atom is 0.258 e. The largest absolute Gasteiger partial charge is 0.337 e. The van der Waals surface area contributed by atoms with Crippen molar-refractivity contribution in [3.63, 3.8) is 0 Å². The Kier molecular flexibility index (Phi) is 4.21. The zero-order valence-electron chi connectivity index (χ0n) is 16.2. The highest BCUT2D eigenvalue weighted by molar-refractivity contribution is 6.04. The van der Waals surface area contributed by atoms with Crippen molar-refractivity contribution in [1.82, 2.24) is 19.9 Å². The third kappa shape index (κ3) is 3.16. The molecule has 0 bridgehead atoms. The fraction of sp³-hybridized carbons (Fsp3) is 0.0870. The molecular formula is C23H17N5O2. The molecule has 1 aliphatic rings. The van der Waals surface area contributed by atoms with Crippen LogP contribution in [0.15, 0.2) is 67.0 Å². The molecule has 3 aromatic heterocycles. The van der Waals surface area contributed by atoms with Crippen LogP contribution >= 0.6 is 0 Å². The van der Waals surface area contributed by atoms with Crippen LogP contribution in [0.2, 0.25) is 0 Å². The van der Waals surface area contributed by atoms with E-state index in [0.29, 0.717) is 23.6 Å². The second-order valence-electron chi connectivity index (χ2n) is 7.17. The molecule has 5 rings (SSSR count). The minimum Gasteiger partial charge on any atom is -0.337 e. The van der Waals surface area contributed by atoms with Crippen molar-refractivity contribution in [3.8, 4) is 11.3 Å². The molecule has 0 atom stereocenters. The molecule has 1 aliphatic heterocycles. The van der Waals surface area contributed by atoms with Crippen molar-refractivity contribution in [3.05, 3.63) is 83.7 Å². The Labute approximate surface area is 172 Å². The number of hydrogen-bond acceptors (Lipinski definition) is 5. The number of anilines is 1. The average molecular weight is 395 g/mol. The molecular weight excluding hydrogens is 378 g/mol. The lowest BCUT2D eigenvalue weighted by Gasteiger charge is -2.07. The predicted molar refractivity (Wildman–Crippen MR) is 113 cm³/mol. The summed E-state index contributed by atoms with van der Waals surface area (Å²) in [4.78, 5) is 39.3. The topological polar surface area (TPSA) is 88.1 Å². The zero-order valence-corrected chi connectivity index (χ0v) is 16.2. The molecule has 0 fully saturated rings. The molecule has 0 saturated heterocycles. The number of rotatable bonds is 3. The van der Waals surface area contributed by atoms with Gasteiger partial charge in [-0.3, -0.25) is 14.6 Å². The highest BCUT2D eigenvalue weighted by Crippen LogP contribution is 2.27. The van der Waals surface area contributed by atoms with Crippen LogP contribution < -0.4 is 5.32 Å². The van der Waals surface area contributed by atoms with Gasteiger partial charge in [0.2, 0.25) is 0 Å². The van der Waals surface area contributed by atoms with Crippen molar-refractivity contribution in [2.45, 2.75) is 6.54 Å². The number of pyridine rings is 3. The van der Waals surface area contributed by atoms with Crippen LogP contribution in [0, 0.1) is 0 Å². The molecule has 30 heavy (non-hydrogen) atoms. The van der Waals surface area contributed by atoms with Gasteiger partial charge >= 0.3 is 0 Å². The quantitative estimate of drug-likeness (QED) is 0.573. The summed E-state index contributed by atoms with van der Waals surface area (Å²) >= 11 is 0. The Hall–Kier alpha value is -4.13. The van der Waals surface area contributed by atoms with E-state index >= 15 is 0 Å². The molecule has 0 radical (unpaired) electrons. The van der Waals surface area contributed by atoms with Crippen LogP contribution in [0.3, 0.4) is 0 Å². The SMILES string of the molecule is CN1Cc2cc(-c3ccc(C(=O)Nc4ccc5cccnc5n4)cn3)ccc2C1=O. The number of amides is 2. The van der Waals surface area contributed by atoms with Gasteiger partial charge in [-0.2, -0.15) is 0 Å². The number of nitrogens with one attached hydrogen (secondary N) is 1. The average Bonchev–Trinajstić information content (AvgIpc) is 3.06. The van der Waals surface area contributed by atoms with Gasteiger partial charge in [0.05, 0.1) is 11.3 Å². The van der Waals surface area contributed by atoms with Crippen molar-refractivity contribution < 1.29 is 9.59 Å². The van der Waals surface area contributed by atoms with E-state index in [9.17, 15) is 9.59 Å². The third-order valence-electron chi connectivity index (χ3n) is 5.12. The van der Waals surface area contributed by atoms with Crippen LogP contribution in [-0.2, 0) is 6.54 Å². The molecule has 0 saturated carbocycles. The van der Waals surface area contributed by atoms with Crippen LogP contribution in [0.1, 0.15) is 26.3 Å². The van der Waals surface area contributed by atoms with Gasteiger partial charge < -0.3 is 10.2 Å². The first-order valence-corrected chi connectivity index (χ1v) is 9.46. The lowest BCUT2D eigenvalue weighted by Crippen LogP contribution is -2.17. The summed E-state index contributed by atoms with van der Waals surface area (Å²) in [7, 11) is 1.79. The van der Waals surface area contributed by atoms with Crippen LogP contribution in [0.25, 0.3) is 22.3 Å². The van der Waals surface area contributed by atoms with Crippen LogP contribution in [0.4, 0.5) is 5.82 Å². The molecule has 4 heterocycles. The standard InChI is InChI=1S/C23H17N5O2/c1-28-13-17-11-15(4-7-18(17)23(28)30)19-8-5-16(12-25-19)22(29)27-20-9-6-14-3-2-10-24-21(14)26-20/h2-12H,13H2,1H3,(H,24,26,27,29). The summed E-state index contributed by atoms with van der Waals surface area (Å²) in [6.07, 6.45) is 3.20. The first kappa shape index (κ1) is 17.9. The summed E-state index contributed by atoms with van der Waals surface area (Å²) < 4.78 is 0. The number of nitrogens with zero attached hydrogens (tertiary/aromatic N) is 4. The summed E-state index contributed by atoms with van der Waals surface area (Å²) in [5.41, 5.74) is 4.37. The van der Waals surface area contributed by atoms with Crippen molar-refractivity contribution in [2.75, 3.05) is 12.4 Å². The lowest BCUT2D eigenvalue weighted by molar-refractivity contribution is 0.0816. The summed E-state index contributed by atoms with van der Waals surface area (Å²) in [5.74, 6) is 0.176. The highest BCUT2D eigenvalue weighted by Gasteiger charge is 2.24. The highest BCUT2D eigenvalue weighted by atomic mass is 16.2. The molecule has 0 unspecified atom stereocenters. The number of hydrogen-bond donors (Lipinski definition) is 1. The molecule has 7 heteroatoms. The minimum absolute atomic E-state index is 0.0361. The number of aromatic nitrogens is 3. The van der Waals surface area contributed by atoms with Gasteiger partial charge in [-0.15, -0.1) is 0 Å². The molecule has 4 aromatic rings. The van der Waals surface area contributed by atoms with Crippen molar-refractivity contribution in [2.24, 2.45) is 0 Å². The third-order valence-corrected chi connectivity index (χ3v) is 5.12. The Balaban J connectivity index is 1.35. The summed E-state index contributed by atoms with van der Waals surface area (Å²) in [6.45, 7) is 0.593. The molecule has 2 amide bonds.